The SMILES string of the molecule is CN(c1nccc(C(N)=S)n1)C1CC1. The van der Waals surface area contributed by atoms with Crippen LogP contribution in [0, 0.1) is 0 Å². The van der Waals surface area contributed by atoms with Crippen molar-refractivity contribution in [3.8, 4) is 0 Å². The molecule has 4 nitrogen and oxygen atoms in total. The van der Waals surface area contributed by atoms with Crippen LogP contribution in [-0.2, 0) is 0 Å². The fraction of sp³-hybridized carbons (Fsp3) is 0.444. The zero-order valence-corrected chi connectivity index (χ0v) is 8.79. The van der Waals surface area contributed by atoms with Gasteiger partial charge in [-0.25, -0.2) is 9.97 Å². The van der Waals surface area contributed by atoms with Crippen molar-refractivity contribution >= 4 is 23.2 Å². The minimum absolute atomic E-state index is 0.317. The van der Waals surface area contributed by atoms with Crippen LogP contribution in [0.15, 0.2) is 12.3 Å². The number of hydrogen-bond acceptors (Lipinski definition) is 4. The number of hydrogen-bond donors (Lipinski definition) is 1. The van der Waals surface area contributed by atoms with E-state index in [1.807, 2.05) is 7.05 Å². The van der Waals surface area contributed by atoms with E-state index in [4.69, 9.17) is 18.0 Å². The van der Waals surface area contributed by atoms with Gasteiger partial charge in [-0.15, -0.1) is 0 Å². The number of nitrogens with zero attached hydrogens (tertiary/aromatic N) is 3. The Morgan fingerprint density at radius 2 is 2.36 bits per heavy atom. The first-order chi connectivity index (χ1) is 6.68. The molecule has 0 spiro atoms. The quantitative estimate of drug-likeness (QED) is 0.741. The second-order valence-electron chi connectivity index (χ2n) is 3.45. The maximum atomic E-state index is 5.50. The number of rotatable bonds is 3. The largest absolute Gasteiger partial charge is 0.388 e. The summed E-state index contributed by atoms with van der Waals surface area (Å²) < 4.78 is 0. The Bertz CT molecular complexity index is 362. The summed E-state index contributed by atoms with van der Waals surface area (Å²) in [6, 6.07) is 2.32. The Balaban J connectivity index is 2.24. The third-order valence-electron chi connectivity index (χ3n) is 2.31. The molecule has 14 heavy (non-hydrogen) atoms. The molecule has 0 aromatic carbocycles. The number of anilines is 1. The summed E-state index contributed by atoms with van der Waals surface area (Å²) >= 11 is 4.86. The molecule has 0 amide bonds. The van der Waals surface area contributed by atoms with Crippen molar-refractivity contribution in [2.75, 3.05) is 11.9 Å². The first-order valence-electron chi connectivity index (χ1n) is 4.54. The summed E-state index contributed by atoms with van der Waals surface area (Å²) in [6.07, 6.45) is 4.13. The van der Waals surface area contributed by atoms with E-state index in [1.54, 1.807) is 12.3 Å². The van der Waals surface area contributed by atoms with Crippen LogP contribution < -0.4 is 10.6 Å². The van der Waals surface area contributed by atoms with E-state index in [2.05, 4.69) is 14.9 Å². The second-order valence-corrected chi connectivity index (χ2v) is 3.89. The molecule has 1 heterocycles. The van der Waals surface area contributed by atoms with Crippen molar-refractivity contribution in [3.63, 3.8) is 0 Å². The van der Waals surface area contributed by atoms with Crippen molar-refractivity contribution in [2.24, 2.45) is 5.73 Å². The highest BCUT2D eigenvalue weighted by atomic mass is 32.1. The van der Waals surface area contributed by atoms with Gasteiger partial charge in [0.1, 0.15) is 10.7 Å². The van der Waals surface area contributed by atoms with E-state index in [1.165, 1.54) is 12.8 Å². The van der Waals surface area contributed by atoms with Crippen LogP contribution in [0.5, 0.6) is 0 Å². The van der Waals surface area contributed by atoms with Crippen LogP contribution in [0.3, 0.4) is 0 Å². The molecule has 0 bridgehead atoms. The van der Waals surface area contributed by atoms with Gasteiger partial charge in [-0.05, 0) is 18.9 Å². The molecule has 5 heteroatoms. The Hall–Kier alpha value is -1.23. The van der Waals surface area contributed by atoms with Gasteiger partial charge in [-0.2, -0.15) is 0 Å². The van der Waals surface area contributed by atoms with Crippen LogP contribution in [0.25, 0.3) is 0 Å². The van der Waals surface area contributed by atoms with Gasteiger partial charge in [-0.1, -0.05) is 12.2 Å². The highest BCUT2D eigenvalue weighted by molar-refractivity contribution is 7.80. The molecule has 0 radical (unpaired) electrons. The minimum atomic E-state index is 0.317. The van der Waals surface area contributed by atoms with E-state index in [0.717, 1.165) is 0 Å². The summed E-state index contributed by atoms with van der Waals surface area (Å²) in [4.78, 5) is 10.9. The first-order valence-corrected chi connectivity index (χ1v) is 4.95. The Morgan fingerprint density at radius 1 is 1.64 bits per heavy atom. The fourth-order valence-corrected chi connectivity index (χ4v) is 1.39. The molecule has 0 saturated heterocycles. The first kappa shape index (κ1) is 9.33. The van der Waals surface area contributed by atoms with Gasteiger partial charge in [-0.3, -0.25) is 0 Å². The summed E-state index contributed by atoms with van der Waals surface area (Å²) in [5.41, 5.74) is 6.13. The number of aromatic nitrogens is 2. The summed E-state index contributed by atoms with van der Waals surface area (Å²) in [7, 11) is 2.00. The average molecular weight is 208 g/mol. The molecule has 0 aliphatic heterocycles. The molecule has 2 rings (SSSR count). The van der Waals surface area contributed by atoms with Crippen LogP contribution in [0.1, 0.15) is 18.5 Å². The lowest BCUT2D eigenvalue weighted by Crippen LogP contribution is -2.23. The zero-order valence-electron chi connectivity index (χ0n) is 7.97. The standard InChI is InChI=1S/C9H12N4S/c1-13(6-2-3-6)9-11-5-4-7(12-9)8(10)14/h4-6H,2-3H2,1H3,(H2,10,14). The molecule has 1 aromatic rings. The smallest absolute Gasteiger partial charge is 0.225 e. The maximum Gasteiger partial charge on any atom is 0.225 e. The van der Waals surface area contributed by atoms with Crippen LogP contribution >= 0.6 is 12.2 Å². The predicted molar refractivity (Wildman–Crippen MR) is 59.3 cm³/mol. The summed E-state index contributed by atoms with van der Waals surface area (Å²) in [5, 5.41) is 0. The average Bonchev–Trinajstić information content (AvgIpc) is 3.00. The fourth-order valence-electron chi connectivity index (χ4n) is 1.28. The summed E-state index contributed by atoms with van der Waals surface area (Å²) in [5.74, 6) is 0.706. The monoisotopic (exact) mass is 208 g/mol. The normalized spacial score (nSPS) is 15.2. The Labute approximate surface area is 88.1 Å². The van der Waals surface area contributed by atoms with Crippen molar-refractivity contribution < 1.29 is 0 Å². The van der Waals surface area contributed by atoms with E-state index in [0.29, 0.717) is 22.7 Å². The molecule has 1 aliphatic rings. The van der Waals surface area contributed by atoms with E-state index < -0.39 is 0 Å². The lowest BCUT2D eigenvalue weighted by Gasteiger charge is -2.15. The lowest BCUT2D eigenvalue weighted by atomic mass is 10.4. The van der Waals surface area contributed by atoms with Gasteiger partial charge in [0.2, 0.25) is 5.95 Å². The third kappa shape index (κ3) is 1.82. The van der Waals surface area contributed by atoms with E-state index >= 15 is 0 Å². The van der Waals surface area contributed by atoms with Crippen molar-refractivity contribution in [2.45, 2.75) is 18.9 Å². The minimum Gasteiger partial charge on any atom is -0.388 e. The second kappa shape index (κ2) is 3.49. The zero-order chi connectivity index (χ0) is 10.1. The van der Waals surface area contributed by atoms with Gasteiger partial charge in [0.25, 0.3) is 0 Å². The lowest BCUT2D eigenvalue weighted by molar-refractivity contribution is 0.859. The van der Waals surface area contributed by atoms with Gasteiger partial charge in [0.05, 0.1) is 0 Å². The van der Waals surface area contributed by atoms with E-state index in [-0.39, 0.29) is 0 Å². The molecule has 0 unspecified atom stereocenters. The molecule has 1 aromatic heterocycles. The molecule has 0 atom stereocenters. The van der Waals surface area contributed by atoms with Gasteiger partial charge >= 0.3 is 0 Å². The molecule has 1 aliphatic carbocycles. The third-order valence-corrected chi connectivity index (χ3v) is 2.51. The maximum absolute atomic E-state index is 5.50. The molecular weight excluding hydrogens is 196 g/mol. The predicted octanol–water partition coefficient (Wildman–Crippen LogP) is 0.709. The van der Waals surface area contributed by atoms with Crippen molar-refractivity contribution in [1.29, 1.82) is 0 Å². The highest BCUT2D eigenvalue weighted by Crippen LogP contribution is 2.27. The molecule has 74 valence electrons. The highest BCUT2D eigenvalue weighted by Gasteiger charge is 2.27. The Kier molecular flexibility index (Phi) is 2.33. The van der Waals surface area contributed by atoms with Crippen molar-refractivity contribution in [1.82, 2.24) is 9.97 Å². The molecule has 1 saturated carbocycles. The van der Waals surface area contributed by atoms with Crippen LogP contribution in [0.4, 0.5) is 5.95 Å². The van der Waals surface area contributed by atoms with Gasteiger partial charge < -0.3 is 10.6 Å². The topological polar surface area (TPSA) is 55.0 Å². The van der Waals surface area contributed by atoms with Gasteiger partial charge in [0.15, 0.2) is 0 Å². The molecule has 1 fully saturated rings. The number of thiocarbonyl (C=S) groups is 1. The number of nitrogens with two attached hydrogens (primary N) is 1. The molecule has 2 N–H and O–H groups in total. The summed E-state index contributed by atoms with van der Waals surface area (Å²) in [6.45, 7) is 0. The van der Waals surface area contributed by atoms with Gasteiger partial charge in [0, 0.05) is 19.3 Å². The van der Waals surface area contributed by atoms with Crippen LogP contribution in [-0.4, -0.2) is 28.0 Å². The van der Waals surface area contributed by atoms with E-state index in [9.17, 15) is 0 Å². The Morgan fingerprint density at radius 3 is 2.93 bits per heavy atom. The van der Waals surface area contributed by atoms with Crippen molar-refractivity contribution in [3.05, 3.63) is 18.0 Å². The molecular formula is C9H12N4S. The van der Waals surface area contributed by atoms with Crippen LogP contribution in [0.2, 0.25) is 0 Å².